The van der Waals surface area contributed by atoms with Crippen molar-refractivity contribution in [3.8, 4) is 5.75 Å². The fraction of sp³-hybridized carbons (Fsp3) is 0.538. The van der Waals surface area contributed by atoms with Gasteiger partial charge < -0.3 is 15.2 Å². The average Bonchev–Trinajstić information content (AvgIpc) is 2.33. The molecule has 3 nitrogen and oxygen atoms in total. The van der Waals surface area contributed by atoms with Crippen LogP contribution in [0.5, 0.6) is 5.75 Å². The highest BCUT2D eigenvalue weighted by atomic mass is 19.1. The first-order valence-corrected chi connectivity index (χ1v) is 5.97. The SMILES string of the molecule is C[C@@H](N)c1cccc(F)c1OC1CCOCC1. The van der Waals surface area contributed by atoms with Gasteiger partial charge in [0.05, 0.1) is 13.2 Å². The number of ether oxygens (including phenoxy) is 2. The van der Waals surface area contributed by atoms with Crippen molar-refractivity contribution in [2.24, 2.45) is 5.73 Å². The Kier molecular flexibility index (Phi) is 3.97. The Morgan fingerprint density at radius 3 is 2.76 bits per heavy atom. The molecule has 2 rings (SSSR count). The molecule has 1 aromatic carbocycles. The minimum Gasteiger partial charge on any atom is -0.487 e. The quantitative estimate of drug-likeness (QED) is 0.881. The van der Waals surface area contributed by atoms with E-state index in [-0.39, 0.29) is 18.0 Å². The number of nitrogens with two attached hydrogens (primary N) is 1. The molecule has 1 aliphatic rings. The highest BCUT2D eigenvalue weighted by molar-refractivity contribution is 5.37. The summed E-state index contributed by atoms with van der Waals surface area (Å²) in [6.07, 6.45) is 1.62. The zero-order valence-corrected chi connectivity index (χ0v) is 9.99. The molecule has 1 fully saturated rings. The van der Waals surface area contributed by atoms with Gasteiger partial charge in [-0.25, -0.2) is 4.39 Å². The van der Waals surface area contributed by atoms with Crippen molar-refractivity contribution in [1.82, 2.24) is 0 Å². The first kappa shape index (κ1) is 12.3. The molecule has 0 spiro atoms. The molecule has 1 atom stereocenters. The fourth-order valence-electron chi connectivity index (χ4n) is 1.97. The lowest BCUT2D eigenvalue weighted by Crippen LogP contribution is -2.27. The molecule has 0 aromatic heterocycles. The highest BCUT2D eigenvalue weighted by Crippen LogP contribution is 2.29. The Bertz CT molecular complexity index is 376. The summed E-state index contributed by atoms with van der Waals surface area (Å²) < 4.78 is 24.7. The minimum atomic E-state index is -0.341. The molecule has 0 bridgehead atoms. The standard InChI is InChI=1S/C13H18FNO2/c1-9(15)11-3-2-4-12(14)13(11)17-10-5-7-16-8-6-10/h2-4,9-10H,5-8,15H2,1H3/t9-/m1/s1. The second-order valence-corrected chi connectivity index (χ2v) is 4.38. The first-order valence-electron chi connectivity index (χ1n) is 5.97. The predicted octanol–water partition coefficient (Wildman–Crippen LogP) is 2.40. The summed E-state index contributed by atoms with van der Waals surface area (Å²) in [7, 11) is 0. The normalized spacial score (nSPS) is 19.0. The fourth-order valence-corrected chi connectivity index (χ4v) is 1.97. The summed E-state index contributed by atoms with van der Waals surface area (Å²) in [5.41, 5.74) is 6.54. The van der Waals surface area contributed by atoms with Crippen molar-refractivity contribution in [2.75, 3.05) is 13.2 Å². The Morgan fingerprint density at radius 1 is 1.41 bits per heavy atom. The number of hydrogen-bond donors (Lipinski definition) is 1. The van der Waals surface area contributed by atoms with Gasteiger partial charge in [0.15, 0.2) is 11.6 Å². The summed E-state index contributed by atoms with van der Waals surface area (Å²) in [4.78, 5) is 0. The van der Waals surface area contributed by atoms with Crippen molar-refractivity contribution in [1.29, 1.82) is 0 Å². The number of halogens is 1. The molecule has 17 heavy (non-hydrogen) atoms. The van der Waals surface area contributed by atoms with Crippen LogP contribution in [0.25, 0.3) is 0 Å². The van der Waals surface area contributed by atoms with Crippen molar-refractivity contribution in [3.63, 3.8) is 0 Å². The van der Waals surface area contributed by atoms with Gasteiger partial charge in [-0.2, -0.15) is 0 Å². The van der Waals surface area contributed by atoms with Gasteiger partial charge in [-0.3, -0.25) is 0 Å². The molecule has 0 radical (unpaired) electrons. The van der Waals surface area contributed by atoms with E-state index in [1.54, 1.807) is 6.07 Å². The molecule has 0 amide bonds. The van der Waals surface area contributed by atoms with E-state index in [0.29, 0.717) is 19.0 Å². The van der Waals surface area contributed by atoms with Crippen LogP contribution in [-0.2, 0) is 4.74 Å². The Morgan fingerprint density at radius 2 is 2.12 bits per heavy atom. The summed E-state index contributed by atoms with van der Waals surface area (Å²) in [6, 6.07) is 4.63. The first-order chi connectivity index (χ1) is 8.18. The number of para-hydroxylation sites is 1. The lowest BCUT2D eigenvalue weighted by Gasteiger charge is -2.25. The van der Waals surface area contributed by atoms with Gasteiger partial charge in [-0.05, 0) is 13.0 Å². The maximum atomic E-state index is 13.8. The molecule has 0 saturated carbocycles. The molecule has 2 N–H and O–H groups in total. The van der Waals surface area contributed by atoms with Crippen LogP contribution >= 0.6 is 0 Å². The monoisotopic (exact) mass is 239 g/mol. The summed E-state index contributed by atoms with van der Waals surface area (Å²) in [6.45, 7) is 3.17. The van der Waals surface area contributed by atoms with E-state index in [1.165, 1.54) is 6.07 Å². The molecule has 1 heterocycles. The van der Waals surface area contributed by atoms with Crippen molar-refractivity contribution in [2.45, 2.75) is 31.9 Å². The Labute approximate surface area is 101 Å². The second-order valence-electron chi connectivity index (χ2n) is 4.38. The van der Waals surface area contributed by atoms with E-state index < -0.39 is 0 Å². The van der Waals surface area contributed by atoms with Crippen LogP contribution in [0.4, 0.5) is 4.39 Å². The number of rotatable bonds is 3. The Hall–Kier alpha value is -1.13. The molecule has 0 aliphatic carbocycles. The molecule has 4 heteroatoms. The van der Waals surface area contributed by atoms with Crippen LogP contribution in [0.2, 0.25) is 0 Å². The molecule has 1 aliphatic heterocycles. The maximum absolute atomic E-state index is 13.8. The second kappa shape index (κ2) is 5.47. The van der Waals surface area contributed by atoms with Gasteiger partial charge >= 0.3 is 0 Å². The third-order valence-electron chi connectivity index (χ3n) is 2.94. The van der Waals surface area contributed by atoms with Crippen LogP contribution in [0.15, 0.2) is 18.2 Å². The number of benzene rings is 1. The predicted molar refractivity (Wildman–Crippen MR) is 63.5 cm³/mol. The third kappa shape index (κ3) is 2.96. The summed E-state index contributed by atoms with van der Waals surface area (Å²) >= 11 is 0. The summed E-state index contributed by atoms with van der Waals surface area (Å²) in [5, 5.41) is 0. The zero-order valence-electron chi connectivity index (χ0n) is 9.99. The zero-order chi connectivity index (χ0) is 12.3. The highest BCUT2D eigenvalue weighted by Gasteiger charge is 2.20. The average molecular weight is 239 g/mol. The molecule has 1 saturated heterocycles. The van der Waals surface area contributed by atoms with E-state index in [4.69, 9.17) is 15.2 Å². The molecule has 1 aromatic rings. The summed E-state index contributed by atoms with van der Waals surface area (Å²) in [5.74, 6) is -0.0410. The minimum absolute atomic E-state index is 0.0261. The Balaban J connectivity index is 2.18. The van der Waals surface area contributed by atoms with Crippen LogP contribution in [0, 0.1) is 5.82 Å². The van der Waals surface area contributed by atoms with Gasteiger partial charge in [0.25, 0.3) is 0 Å². The molecule has 94 valence electrons. The van der Waals surface area contributed by atoms with Gasteiger partial charge in [-0.1, -0.05) is 12.1 Å². The maximum Gasteiger partial charge on any atom is 0.165 e. The lowest BCUT2D eigenvalue weighted by molar-refractivity contribution is 0.0235. The van der Waals surface area contributed by atoms with E-state index in [1.807, 2.05) is 13.0 Å². The van der Waals surface area contributed by atoms with Crippen molar-refractivity contribution < 1.29 is 13.9 Å². The number of hydrogen-bond acceptors (Lipinski definition) is 3. The van der Waals surface area contributed by atoms with Gasteiger partial charge in [-0.15, -0.1) is 0 Å². The smallest absolute Gasteiger partial charge is 0.165 e. The third-order valence-corrected chi connectivity index (χ3v) is 2.94. The van der Waals surface area contributed by atoms with Gasteiger partial charge in [0, 0.05) is 24.4 Å². The largest absolute Gasteiger partial charge is 0.487 e. The van der Waals surface area contributed by atoms with Crippen molar-refractivity contribution >= 4 is 0 Å². The van der Waals surface area contributed by atoms with E-state index in [0.717, 1.165) is 18.4 Å². The lowest BCUT2D eigenvalue weighted by atomic mass is 10.1. The molecular formula is C13H18FNO2. The van der Waals surface area contributed by atoms with Crippen LogP contribution in [0.3, 0.4) is 0 Å². The van der Waals surface area contributed by atoms with Crippen LogP contribution in [0.1, 0.15) is 31.4 Å². The molecule has 0 unspecified atom stereocenters. The van der Waals surface area contributed by atoms with E-state index in [9.17, 15) is 4.39 Å². The molecular weight excluding hydrogens is 221 g/mol. The van der Waals surface area contributed by atoms with Gasteiger partial charge in [0.1, 0.15) is 6.10 Å². The van der Waals surface area contributed by atoms with Crippen molar-refractivity contribution in [3.05, 3.63) is 29.6 Å². The van der Waals surface area contributed by atoms with E-state index >= 15 is 0 Å². The topological polar surface area (TPSA) is 44.5 Å². The van der Waals surface area contributed by atoms with Gasteiger partial charge in [0.2, 0.25) is 0 Å². The van der Waals surface area contributed by atoms with E-state index in [2.05, 4.69) is 0 Å². The van der Waals surface area contributed by atoms with Crippen LogP contribution < -0.4 is 10.5 Å². The van der Waals surface area contributed by atoms with Crippen LogP contribution in [-0.4, -0.2) is 19.3 Å².